The van der Waals surface area contributed by atoms with E-state index >= 15 is 0 Å². The summed E-state index contributed by atoms with van der Waals surface area (Å²) in [7, 11) is 0. The Labute approximate surface area is 307 Å². The summed E-state index contributed by atoms with van der Waals surface area (Å²) in [6.45, 7) is 0. The molecule has 0 aliphatic carbocycles. The van der Waals surface area contributed by atoms with Gasteiger partial charge in [0.15, 0.2) is 0 Å². The van der Waals surface area contributed by atoms with Crippen molar-refractivity contribution in [3.05, 3.63) is 176 Å². The van der Waals surface area contributed by atoms with Crippen molar-refractivity contribution in [2.24, 2.45) is 0 Å². The van der Waals surface area contributed by atoms with Crippen LogP contribution in [0.1, 0.15) is 22.8 Å². The van der Waals surface area contributed by atoms with E-state index in [4.69, 9.17) is 9.97 Å². The van der Waals surface area contributed by atoms with Gasteiger partial charge in [-0.3, -0.25) is 20.2 Å². The van der Waals surface area contributed by atoms with Crippen molar-refractivity contribution in [1.29, 1.82) is 0 Å². The second kappa shape index (κ2) is 13.1. The lowest BCUT2D eigenvalue weighted by atomic mass is 10.0. The van der Waals surface area contributed by atoms with Crippen LogP contribution in [0.3, 0.4) is 0 Å². The highest BCUT2D eigenvalue weighted by molar-refractivity contribution is 5.99. The fraction of sp³-hybridized carbons (Fsp3) is 0. The minimum atomic E-state index is -0.419. The number of fused-ring (bicyclic) bond motifs is 8. The number of nitrogens with one attached hydrogen (secondary N) is 2. The summed E-state index contributed by atoms with van der Waals surface area (Å²) >= 11 is 0. The third-order valence-electron chi connectivity index (χ3n) is 9.61. The smallest absolute Gasteiger partial charge is 0.269 e. The maximum absolute atomic E-state index is 11.6. The van der Waals surface area contributed by atoms with Crippen LogP contribution in [0.15, 0.2) is 133 Å². The van der Waals surface area contributed by atoms with E-state index < -0.39 is 9.85 Å². The van der Waals surface area contributed by atoms with Crippen LogP contribution >= 0.6 is 0 Å². The Morgan fingerprint density at radius 2 is 0.648 bits per heavy atom. The standard InChI is InChI=1S/C44H28N6O4/c51-49(52)31-15-11-29(12-16-31)43-37-23-21-35(46-37)41(27-7-3-1-4-8-27)33-19-20-34(45-33)42(28-9-5-2-6-10-28)36-22-24-38(47-36)44(40-26-25-39(43)48-40)30-13-17-32(18-14-30)50(53)54/h1-26,46-47H. The molecule has 10 heteroatoms. The van der Waals surface area contributed by atoms with Crippen LogP contribution in [0.4, 0.5) is 11.4 Å². The number of rotatable bonds is 6. The van der Waals surface area contributed by atoms with Gasteiger partial charge in [-0.2, -0.15) is 0 Å². The number of nitro groups is 2. The molecule has 0 radical (unpaired) electrons. The Kier molecular flexibility index (Phi) is 7.82. The Morgan fingerprint density at radius 3 is 0.926 bits per heavy atom. The van der Waals surface area contributed by atoms with E-state index in [2.05, 4.69) is 34.2 Å². The quantitative estimate of drug-likeness (QED) is 0.130. The van der Waals surface area contributed by atoms with Gasteiger partial charge in [-0.25, -0.2) is 9.97 Å². The highest BCUT2D eigenvalue weighted by Crippen LogP contribution is 2.38. The summed E-state index contributed by atoms with van der Waals surface area (Å²) in [5, 5.41) is 23.2. The molecule has 4 aromatic carbocycles. The number of aromatic amines is 2. The molecule has 0 saturated carbocycles. The molecule has 2 aliphatic rings. The van der Waals surface area contributed by atoms with E-state index in [0.717, 1.165) is 78.0 Å². The average Bonchev–Trinajstić information content (AvgIpc) is 4.04. The van der Waals surface area contributed by atoms with E-state index in [9.17, 15) is 20.2 Å². The second-order valence-corrected chi connectivity index (χ2v) is 12.8. The van der Waals surface area contributed by atoms with Crippen LogP contribution in [0.25, 0.3) is 90.9 Å². The third kappa shape index (κ3) is 5.73. The first-order valence-corrected chi connectivity index (χ1v) is 17.2. The number of nitrogens with zero attached hydrogens (tertiary/aromatic N) is 4. The summed E-state index contributed by atoms with van der Waals surface area (Å²) in [4.78, 5) is 40.1. The molecule has 3 aromatic heterocycles. The SMILES string of the molecule is O=[N+]([O-])c1ccc(-c2c3nc(c(-c4ccc([N+](=O)[O-])cc4)c4ccc([nH]4)c(-c4ccccc4)c4nc(c(-c5ccccc5)c5ccc2[nH]5)C=C4)C=C3)cc1. The first-order valence-electron chi connectivity index (χ1n) is 17.2. The van der Waals surface area contributed by atoms with Crippen molar-refractivity contribution in [3.8, 4) is 44.5 Å². The molecule has 0 saturated heterocycles. The molecular weight excluding hydrogens is 677 g/mol. The van der Waals surface area contributed by atoms with Crippen molar-refractivity contribution in [3.63, 3.8) is 0 Å². The topological polar surface area (TPSA) is 144 Å². The van der Waals surface area contributed by atoms with Crippen molar-refractivity contribution >= 4 is 57.7 Å². The zero-order valence-electron chi connectivity index (χ0n) is 28.4. The summed E-state index contributed by atoms with van der Waals surface area (Å²) < 4.78 is 0. The van der Waals surface area contributed by atoms with Crippen LogP contribution in [-0.2, 0) is 0 Å². The lowest BCUT2D eigenvalue weighted by molar-refractivity contribution is -0.385. The van der Waals surface area contributed by atoms with Gasteiger partial charge < -0.3 is 9.97 Å². The zero-order valence-corrected chi connectivity index (χ0v) is 28.4. The number of H-pyrrole nitrogens is 2. The molecule has 9 rings (SSSR count). The molecule has 0 amide bonds. The van der Waals surface area contributed by atoms with Gasteiger partial charge in [0.25, 0.3) is 11.4 Å². The largest absolute Gasteiger partial charge is 0.354 e. The van der Waals surface area contributed by atoms with Gasteiger partial charge in [-0.1, -0.05) is 60.7 Å². The van der Waals surface area contributed by atoms with Gasteiger partial charge >= 0.3 is 0 Å². The summed E-state index contributed by atoms with van der Waals surface area (Å²) in [5.74, 6) is 0. The van der Waals surface area contributed by atoms with Crippen LogP contribution in [0, 0.1) is 20.2 Å². The summed E-state index contributed by atoms with van der Waals surface area (Å²) in [6, 6.07) is 41.1. The molecule has 258 valence electrons. The minimum absolute atomic E-state index is 0.0170. The molecule has 8 bridgehead atoms. The summed E-state index contributed by atoms with van der Waals surface area (Å²) in [6.07, 6.45) is 7.91. The number of non-ortho nitro benzene ring substituents is 2. The van der Waals surface area contributed by atoms with Gasteiger partial charge in [-0.05, 0) is 95.1 Å². The number of aromatic nitrogens is 4. The fourth-order valence-electron chi connectivity index (χ4n) is 7.13. The highest BCUT2D eigenvalue weighted by Gasteiger charge is 2.19. The monoisotopic (exact) mass is 704 g/mol. The Bertz CT molecular complexity index is 2670. The highest BCUT2D eigenvalue weighted by atomic mass is 16.6. The van der Waals surface area contributed by atoms with Crippen molar-refractivity contribution in [2.45, 2.75) is 0 Å². The lowest BCUT2D eigenvalue weighted by Gasteiger charge is -2.07. The zero-order chi connectivity index (χ0) is 36.8. The lowest BCUT2D eigenvalue weighted by Crippen LogP contribution is -1.91. The van der Waals surface area contributed by atoms with E-state index in [1.165, 1.54) is 24.3 Å². The molecule has 7 aromatic rings. The number of benzene rings is 4. The van der Waals surface area contributed by atoms with Crippen LogP contribution in [-0.4, -0.2) is 29.8 Å². The van der Waals surface area contributed by atoms with Gasteiger partial charge in [-0.15, -0.1) is 0 Å². The van der Waals surface area contributed by atoms with Gasteiger partial charge in [0, 0.05) is 68.6 Å². The summed E-state index contributed by atoms with van der Waals surface area (Å²) in [5.41, 5.74) is 12.7. The maximum Gasteiger partial charge on any atom is 0.269 e. The average molecular weight is 705 g/mol. The molecule has 0 fully saturated rings. The molecule has 0 unspecified atom stereocenters. The van der Waals surface area contributed by atoms with E-state index in [-0.39, 0.29) is 11.4 Å². The van der Waals surface area contributed by atoms with Crippen molar-refractivity contribution in [1.82, 2.24) is 19.9 Å². The minimum Gasteiger partial charge on any atom is -0.354 e. The Hall–Kier alpha value is -7.72. The van der Waals surface area contributed by atoms with Crippen molar-refractivity contribution in [2.75, 3.05) is 0 Å². The van der Waals surface area contributed by atoms with Crippen molar-refractivity contribution < 1.29 is 9.85 Å². The Balaban J connectivity index is 1.45. The van der Waals surface area contributed by atoms with E-state index in [1.54, 1.807) is 24.3 Å². The molecule has 54 heavy (non-hydrogen) atoms. The molecule has 10 nitrogen and oxygen atoms in total. The van der Waals surface area contributed by atoms with Crippen LogP contribution in [0.2, 0.25) is 0 Å². The van der Waals surface area contributed by atoms with Gasteiger partial charge in [0.05, 0.1) is 32.6 Å². The predicted octanol–water partition coefficient (Wildman–Crippen LogP) is 11.1. The second-order valence-electron chi connectivity index (χ2n) is 12.8. The first-order chi connectivity index (χ1) is 26.4. The fourth-order valence-corrected chi connectivity index (χ4v) is 7.13. The van der Waals surface area contributed by atoms with Crippen LogP contribution in [0.5, 0.6) is 0 Å². The number of nitro benzene ring substituents is 2. The molecule has 0 spiro atoms. The number of hydrogen-bond acceptors (Lipinski definition) is 6. The number of hydrogen-bond donors (Lipinski definition) is 2. The third-order valence-corrected chi connectivity index (χ3v) is 9.61. The van der Waals surface area contributed by atoms with Crippen LogP contribution < -0.4 is 0 Å². The molecule has 5 heterocycles. The van der Waals surface area contributed by atoms with E-state index in [0.29, 0.717) is 11.4 Å². The Morgan fingerprint density at radius 1 is 0.370 bits per heavy atom. The maximum atomic E-state index is 11.6. The normalized spacial score (nSPS) is 11.9. The van der Waals surface area contributed by atoms with E-state index in [1.807, 2.05) is 85.0 Å². The molecule has 0 atom stereocenters. The molecular formula is C44H28N6O4. The molecule has 2 N–H and O–H groups in total. The predicted molar refractivity (Wildman–Crippen MR) is 214 cm³/mol. The van der Waals surface area contributed by atoms with Gasteiger partial charge in [0.2, 0.25) is 0 Å². The first kappa shape index (κ1) is 32.2. The van der Waals surface area contributed by atoms with Gasteiger partial charge in [0.1, 0.15) is 0 Å². The molecule has 2 aliphatic heterocycles.